The molecule has 0 saturated carbocycles. The second kappa shape index (κ2) is 7.79. The van der Waals surface area contributed by atoms with Crippen LogP contribution in [0.15, 0.2) is 28.7 Å². The van der Waals surface area contributed by atoms with Crippen LogP contribution in [0.3, 0.4) is 0 Å². The van der Waals surface area contributed by atoms with Crippen LogP contribution in [-0.4, -0.2) is 38.0 Å². The van der Waals surface area contributed by atoms with Crippen molar-refractivity contribution in [3.63, 3.8) is 0 Å². The minimum atomic E-state index is -0.355. The molecule has 16 heavy (non-hydrogen) atoms. The largest absolute Gasteiger partial charge is 0.391 e. The Kier molecular flexibility index (Phi) is 6.64. The van der Waals surface area contributed by atoms with E-state index < -0.39 is 0 Å². The van der Waals surface area contributed by atoms with E-state index in [0.717, 1.165) is 16.6 Å². The van der Waals surface area contributed by atoms with Crippen LogP contribution >= 0.6 is 15.9 Å². The summed E-state index contributed by atoms with van der Waals surface area (Å²) in [6.45, 7) is 2.03. The highest BCUT2D eigenvalue weighted by molar-refractivity contribution is 9.10. The summed E-state index contributed by atoms with van der Waals surface area (Å²) in [5.41, 5.74) is 1.13. The average molecular weight is 288 g/mol. The standard InChI is InChI=1S/C12H18BrNO2/c1-16-6-5-14-9-12(15)8-10-3-2-4-11(13)7-10/h2-4,7,12,14-15H,5-6,8-9H2,1H3. The van der Waals surface area contributed by atoms with Crippen LogP contribution in [0, 0.1) is 0 Å². The lowest BCUT2D eigenvalue weighted by Gasteiger charge is -2.11. The van der Waals surface area contributed by atoms with Gasteiger partial charge in [-0.15, -0.1) is 0 Å². The molecule has 2 N–H and O–H groups in total. The molecule has 0 spiro atoms. The predicted octanol–water partition coefficient (Wildman–Crippen LogP) is 1.59. The Bertz CT molecular complexity index is 307. The zero-order chi connectivity index (χ0) is 11.8. The lowest BCUT2D eigenvalue weighted by molar-refractivity contribution is 0.160. The molecule has 1 unspecified atom stereocenters. The Hall–Kier alpha value is -0.420. The first kappa shape index (κ1) is 13.6. The first-order chi connectivity index (χ1) is 7.72. The summed E-state index contributed by atoms with van der Waals surface area (Å²) < 4.78 is 5.95. The molecule has 0 heterocycles. The number of benzene rings is 1. The molecule has 0 amide bonds. The third kappa shape index (κ3) is 5.61. The first-order valence-corrected chi connectivity index (χ1v) is 6.14. The van der Waals surface area contributed by atoms with Gasteiger partial charge in [-0.25, -0.2) is 0 Å². The monoisotopic (exact) mass is 287 g/mol. The van der Waals surface area contributed by atoms with Gasteiger partial charge in [-0.2, -0.15) is 0 Å². The van der Waals surface area contributed by atoms with E-state index in [1.165, 1.54) is 0 Å². The third-order valence-electron chi connectivity index (χ3n) is 2.22. The molecular weight excluding hydrogens is 270 g/mol. The quantitative estimate of drug-likeness (QED) is 0.749. The molecule has 1 aromatic rings. The molecule has 3 nitrogen and oxygen atoms in total. The molecule has 0 radical (unpaired) electrons. The number of ether oxygens (including phenoxy) is 1. The van der Waals surface area contributed by atoms with Crippen molar-refractivity contribution in [1.29, 1.82) is 0 Å². The van der Waals surface area contributed by atoms with Gasteiger partial charge in [0.05, 0.1) is 12.7 Å². The molecule has 0 aliphatic carbocycles. The fraction of sp³-hybridized carbons (Fsp3) is 0.500. The lowest BCUT2D eigenvalue weighted by Crippen LogP contribution is -2.30. The highest BCUT2D eigenvalue weighted by Gasteiger charge is 2.05. The molecule has 1 atom stereocenters. The van der Waals surface area contributed by atoms with Gasteiger partial charge < -0.3 is 15.2 Å². The van der Waals surface area contributed by atoms with Crippen molar-refractivity contribution >= 4 is 15.9 Å². The molecule has 1 aromatic carbocycles. The summed E-state index contributed by atoms with van der Waals surface area (Å²) in [6, 6.07) is 8.00. The SMILES string of the molecule is COCCNCC(O)Cc1cccc(Br)c1. The summed E-state index contributed by atoms with van der Waals surface area (Å²) in [4.78, 5) is 0. The maximum absolute atomic E-state index is 9.77. The summed E-state index contributed by atoms with van der Waals surface area (Å²) in [6.07, 6.45) is 0.311. The summed E-state index contributed by atoms with van der Waals surface area (Å²) in [5, 5.41) is 12.9. The third-order valence-corrected chi connectivity index (χ3v) is 2.72. The van der Waals surface area contributed by atoms with Gasteiger partial charge in [0.25, 0.3) is 0 Å². The van der Waals surface area contributed by atoms with E-state index >= 15 is 0 Å². The van der Waals surface area contributed by atoms with Crippen LogP contribution in [0.1, 0.15) is 5.56 Å². The minimum Gasteiger partial charge on any atom is -0.391 e. The predicted molar refractivity (Wildman–Crippen MR) is 68.6 cm³/mol. The fourth-order valence-electron chi connectivity index (χ4n) is 1.45. The zero-order valence-corrected chi connectivity index (χ0v) is 11.0. The number of rotatable bonds is 7. The summed E-state index contributed by atoms with van der Waals surface area (Å²) in [7, 11) is 1.67. The van der Waals surface area contributed by atoms with Crippen molar-refractivity contribution in [2.24, 2.45) is 0 Å². The fourth-order valence-corrected chi connectivity index (χ4v) is 1.90. The maximum Gasteiger partial charge on any atom is 0.0704 e. The molecule has 0 aromatic heterocycles. The van der Waals surface area contributed by atoms with E-state index in [1.54, 1.807) is 7.11 Å². The van der Waals surface area contributed by atoms with Crippen molar-refractivity contribution in [2.75, 3.05) is 26.8 Å². The number of aliphatic hydroxyl groups is 1. The molecule has 0 fully saturated rings. The number of halogens is 1. The maximum atomic E-state index is 9.77. The van der Waals surface area contributed by atoms with Crippen LogP contribution < -0.4 is 5.32 Å². The van der Waals surface area contributed by atoms with Crippen molar-refractivity contribution < 1.29 is 9.84 Å². The minimum absolute atomic E-state index is 0.355. The topological polar surface area (TPSA) is 41.5 Å². The number of hydrogen-bond acceptors (Lipinski definition) is 3. The molecule has 0 aliphatic heterocycles. The molecule has 1 rings (SSSR count). The Morgan fingerprint density at radius 3 is 3.00 bits per heavy atom. The van der Waals surface area contributed by atoms with Crippen molar-refractivity contribution in [3.05, 3.63) is 34.3 Å². The van der Waals surface area contributed by atoms with Crippen molar-refractivity contribution in [3.8, 4) is 0 Å². The Morgan fingerprint density at radius 2 is 2.31 bits per heavy atom. The summed E-state index contributed by atoms with van der Waals surface area (Å²) in [5.74, 6) is 0. The van der Waals surface area contributed by atoms with Gasteiger partial charge in [-0.05, 0) is 24.1 Å². The van der Waals surface area contributed by atoms with Crippen LogP contribution in [0.25, 0.3) is 0 Å². The van der Waals surface area contributed by atoms with Crippen LogP contribution in [0.5, 0.6) is 0 Å². The van der Waals surface area contributed by atoms with Gasteiger partial charge >= 0.3 is 0 Å². The smallest absolute Gasteiger partial charge is 0.0704 e. The summed E-state index contributed by atoms with van der Waals surface area (Å²) >= 11 is 3.41. The molecule has 4 heteroatoms. The second-order valence-electron chi connectivity index (χ2n) is 3.68. The van der Waals surface area contributed by atoms with Gasteiger partial charge in [0, 0.05) is 24.7 Å². The Morgan fingerprint density at radius 1 is 1.50 bits per heavy atom. The first-order valence-electron chi connectivity index (χ1n) is 5.34. The number of methoxy groups -OCH3 is 1. The highest BCUT2D eigenvalue weighted by atomic mass is 79.9. The molecule has 90 valence electrons. The van der Waals surface area contributed by atoms with E-state index in [0.29, 0.717) is 19.6 Å². The Labute approximate surface area is 105 Å². The molecule has 0 bridgehead atoms. The zero-order valence-electron chi connectivity index (χ0n) is 9.45. The lowest BCUT2D eigenvalue weighted by atomic mass is 10.1. The van der Waals surface area contributed by atoms with Crippen LogP contribution in [0.4, 0.5) is 0 Å². The van der Waals surface area contributed by atoms with Gasteiger partial charge in [0.15, 0.2) is 0 Å². The van der Waals surface area contributed by atoms with Crippen molar-refractivity contribution in [1.82, 2.24) is 5.32 Å². The highest BCUT2D eigenvalue weighted by Crippen LogP contribution is 2.12. The van der Waals surface area contributed by atoms with E-state index in [2.05, 4.69) is 21.2 Å². The normalized spacial score (nSPS) is 12.7. The van der Waals surface area contributed by atoms with E-state index in [1.807, 2.05) is 24.3 Å². The molecule has 0 aliphatic rings. The number of hydrogen-bond donors (Lipinski definition) is 2. The van der Waals surface area contributed by atoms with Crippen LogP contribution in [-0.2, 0) is 11.2 Å². The molecular formula is C12H18BrNO2. The van der Waals surface area contributed by atoms with Gasteiger partial charge in [0.1, 0.15) is 0 Å². The van der Waals surface area contributed by atoms with Crippen LogP contribution in [0.2, 0.25) is 0 Å². The van der Waals surface area contributed by atoms with Gasteiger partial charge in [-0.3, -0.25) is 0 Å². The molecule has 0 saturated heterocycles. The van der Waals surface area contributed by atoms with E-state index in [9.17, 15) is 5.11 Å². The second-order valence-corrected chi connectivity index (χ2v) is 4.60. The van der Waals surface area contributed by atoms with E-state index in [4.69, 9.17) is 4.74 Å². The Balaban J connectivity index is 2.25. The van der Waals surface area contributed by atoms with Gasteiger partial charge in [0.2, 0.25) is 0 Å². The van der Waals surface area contributed by atoms with Gasteiger partial charge in [-0.1, -0.05) is 28.1 Å². The van der Waals surface area contributed by atoms with Crippen molar-refractivity contribution in [2.45, 2.75) is 12.5 Å². The van der Waals surface area contributed by atoms with E-state index in [-0.39, 0.29) is 6.10 Å². The average Bonchev–Trinajstić information content (AvgIpc) is 2.24. The number of aliphatic hydroxyl groups excluding tert-OH is 1. The number of nitrogens with one attached hydrogen (secondary N) is 1.